The number of aliphatic carboxylic acids is 1. The fourth-order valence-electron chi connectivity index (χ4n) is 3.16. The van der Waals surface area contributed by atoms with Crippen LogP contribution in [-0.4, -0.2) is 69.2 Å². The first-order valence-corrected chi connectivity index (χ1v) is 9.62. The molecule has 3 rings (SSSR count). The van der Waals surface area contributed by atoms with Crippen molar-refractivity contribution in [2.24, 2.45) is 5.41 Å². The summed E-state index contributed by atoms with van der Waals surface area (Å²) in [7, 11) is 0. The standard InChI is InChI=1S/C18H20N2O7S/c1-10(21)27-8-18(17(25)26)7-20-15(24)12(16(20)28-9-18)19-14(23)13(22)11-5-3-2-4-6-11/h2-6,12-13,16,22H,7-9H2,1H3,(H,19,23)(H,25,26)/t12?,13?,16-,18?/m1/s1. The molecule has 1 aromatic rings. The van der Waals surface area contributed by atoms with Crippen molar-refractivity contribution in [1.82, 2.24) is 10.2 Å². The smallest absolute Gasteiger partial charge is 0.315 e. The number of carbonyl (C=O) groups excluding carboxylic acids is 3. The lowest BCUT2D eigenvalue weighted by molar-refractivity contribution is -0.165. The highest BCUT2D eigenvalue weighted by Crippen LogP contribution is 2.42. The van der Waals surface area contributed by atoms with Gasteiger partial charge in [-0.3, -0.25) is 19.2 Å². The van der Waals surface area contributed by atoms with Gasteiger partial charge in [0.25, 0.3) is 5.91 Å². The summed E-state index contributed by atoms with van der Waals surface area (Å²) in [4.78, 5) is 48.9. The van der Waals surface area contributed by atoms with E-state index in [2.05, 4.69) is 5.32 Å². The van der Waals surface area contributed by atoms with Crippen molar-refractivity contribution in [3.8, 4) is 0 Å². The minimum absolute atomic E-state index is 0.111. The maximum Gasteiger partial charge on any atom is 0.315 e. The van der Waals surface area contributed by atoms with E-state index in [-0.39, 0.29) is 18.9 Å². The molecule has 4 atom stereocenters. The van der Waals surface area contributed by atoms with Gasteiger partial charge in [0.2, 0.25) is 5.91 Å². The number of carboxylic acid groups (broad SMARTS) is 1. The molecule has 9 nitrogen and oxygen atoms in total. The number of amides is 2. The maximum atomic E-state index is 12.5. The number of aliphatic hydroxyl groups excluding tert-OH is 1. The third-order valence-electron chi connectivity index (χ3n) is 4.81. The number of fused-ring (bicyclic) bond motifs is 1. The summed E-state index contributed by atoms with van der Waals surface area (Å²) in [6.07, 6.45) is -1.40. The molecule has 0 bridgehead atoms. The number of aliphatic hydroxyl groups is 1. The highest BCUT2D eigenvalue weighted by molar-refractivity contribution is 8.00. The van der Waals surface area contributed by atoms with Crippen molar-refractivity contribution in [2.75, 3.05) is 18.9 Å². The second-order valence-electron chi connectivity index (χ2n) is 6.83. The third kappa shape index (κ3) is 3.69. The van der Waals surface area contributed by atoms with E-state index >= 15 is 0 Å². The Hall–Kier alpha value is -2.59. The van der Waals surface area contributed by atoms with E-state index in [4.69, 9.17) is 4.74 Å². The first kappa shape index (κ1) is 20.2. The molecule has 2 aliphatic heterocycles. The monoisotopic (exact) mass is 408 g/mol. The third-order valence-corrected chi connectivity index (χ3v) is 6.40. The van der Waals surface area contributed by atoms with E-state index in [0.717, 1.165) is 0 Å². The Morgan fingerprint density at radius 1 is 1.36 bits per heavy atom. The number of benzene rings is 1. The van der Waals surface area contributed by atoms with Gasteiger partial charge in [0, 0.05) is 19.2 Å². The first-order valence-electron chi connectivity index (χ1n) is 8.57. The summed E-state index contributed by atoms with van der Waals surface area (Å²) >= 11 is 1.20. The van der Waals surface area contributed by atoms with Gasteiger partial charge in [0.15, 0.2) is 6.10 Å². The molecule has 0 aliphatic carbocycles. The molecule has 2 amide bonds. The number of hydrogen-bond donors (Lipinski definition) is 3. The van der Waals surface area contributed by atoms with Crippen LogP contribution < -0.4 is 5.32 Å². The molecule has 3 N–H and O–H groups in total. The molecule has 2 saturated heterocycles. The number of hydrogen-bond acceptors (Lipinski definition) is 7. The molecule has 1 aromatic carbocycles. The van der Waals surface area contributed by atoms with E-state index in [1.54, 1.807) is 30.3 Å². The predicted octanol–water partition coefficient (Wildman–Crippen LogP) is -0.246. The van der Waals surface area contributed by atoms with E-state index in [9.17, 15) is 29.4 Å². The van der Waals surface area contributed by atoms with Crippen LogP contribution >= 0.6 is 11.8 Å². The number of ether oxygens (including phenoxy) is 1. The summed E-state index contributed by atoms with van der Waals surface area (Å²) in [5.74, 6) is -2.75. The van der Waals surface area contributed by atoms with Gasteiger partial charge in [0.1, 0.15) is 23.4 Å². The number of nitrogens with zero attached hydrogens (tertiary/aromatic N) is 1. The topological polar surface area (TPSA) is 133 Å². The molecule has 2 fully saturated rings. The molecule has 10 heteroatoms. The Balaban J connectivity index is 1.64. The van der Waals surface area contributed by atoms with Crippen LogP contribution in [0.2, 0.25) is 0 Å². The summed E-state index contributed by atoms with van der Waals surface area (Å²) in [6, 6.07) is 7.50. The highest BCUT2D eigenvalue weighted by Gasteiger charge is 2.58. The molecule has 150 valence electrons. The van der Waals surface area contributed by atoms with Gasteiger partial charge in [-0.05, 0) is 5.56 Å². The zero-order chi connectivity index (χ0) is 20.5. The minimum Gasteiger partial charge on any atom is -0.481 e. The Morgan fingerprint density at radius 2 is 2.04 bits per heavy atom. The van der Waals surface area contributed by atoms with Crippen LogP contribution in [0.1, 0.15) is 18.6 Å². The molecule has 2 heterocycles. The lowest BCUT2D eigenvalue weighted by atomic mass is 9.88. The number of rotatable bonds is 6. The lowest BCUT2D eigenvalue weighted by Gasteiger charge is -2.53. The SMILES string of the molecule is CC(=O)OCC1(C(=O)O)CS[C@@H]2C(NC(=O)C(O)c3ccccc3)C(=O)N2C1. The van der Waals surface area contributed by atoms with Crippen LogP contribution in [0, 0.1) is 5.41 Å². The normalized spacial score (nSPS) is 27.2. The fourth-order valence-corrected chi connectivity index (χ4v) is 4.69. The molecule has 28 heavy (non-hydrogen) atoms. The molecular formula is C18H20N2O7S. The average Bonchev–Trinajstić information content (AvgIpc) is 2.69. The highest BCUT2D eigenvalue weighted by atomic mass is 32.2. The predicted molar refractivity (Wildman–Crippen MR) is 98.0 cm³/mol. The average molecular weight is 408 g/mol. The summed E-state index contributed by atoms with van der Waals surface area (Å²) in [5.41, 5.74) is -0.979. The van der Waals surface area contributed by atoms with Crippen LogP contribution in [0.25, 0.3) is 0 Å². The number of nitrogens with one attached hydrogen (secondary N) is 1. The lowest BCUT2D eigenvalue weighted by Crippen LogP contribution is -2.74. The Kier molecular flexibility index (Phi) is 5.61. The van der Waals surface area contributed by atoms with Crippen molar-refractivity contribution < 1.29 is 34.1 Å². The van der Waals surface area contributed by atoms with Crippen molar-refractivity contribution in [2.45, 2.75) is 24.4 Å². The zero-order valence-electron chi connectivity index (χ0n) is 15.0. The number of β-lactam (4-membered cyclic amide) rings is 1. The van der Waals surface area contributed by atoms with Crippen molar-refractivity contribution >= 4 is 35.5 Å². The van der Waals surface area contributed by atoms with Gasteiger partial charge in [-0.25, -0.2) is 0 Å². The molecule has 2 aliphatic rings. The van der Waals surface area contributed by atoms with Gasteiger partial charge in [0.05, 0.1) is 0 Å². The molecule has 3 unspecified atom stereocenters. The number of esters is 1. The second kappa shape index (κ2) is 7.80. The first-order chi connectivity index (χ1) is 13.2. The van der Waals surface area contributed by atoms with Crippen molar-refractivity contribution in [3.63, 3.8) is 0 Å². The maximum absolute atomic E-state index is 12.5. The van der Waals surface area contributed by atoms with Gasteiger partial charge >= 0.3 is 11.9 Å². The van der Waals surface area contributed by atoms with Crippen LogP contribution in [-0.2, 0) is 23.9 Å². The summed E-state index contributed by atoms with van der Waals surface area (Å²) < 4.78 is 4.89. The largest absolute Gasteiger partial charge is 0.481 e. The van der Waals surface area contributed by atoms with Gasteiger partial charge in [-0.2, -0.15) is 0 Å². The van der Waals surface area contributed by atoms with E-state index in [0.29, 0.717) is 5.56 Å². The Labute approximate surface area is 165 Å². The van der Waals surface area contributed by atoms with Crippen LogP contribution in [0.5, 0.6) is 0 Å². The molecule has 0 radical (unpaired) electrons. The van der Waals surface area contributed by atoms with E-state index in [1.165, 1.54) is 23.6 Å². The summed E-state index contributed by atoms with van der Waals surface area (Å²) in [6.45, 7) is 0.747. The molecule has 0 spiro atoms. The number of thioether (sulfide) groups is 1. The molecule has 0 aromatic heterocycles. The van der Waals surface area contributed by atoms with Crippen molar-refractivity contribution in [1.29, 1.82) is 0 Å². The molecular weight excluding hydrogens is 388 g/mol. The van der Waals surface area contributed by atoms with Gasteiger partial charge in [-0.15, -0.1) is 11.8 Å². The fraction of sp³-hybridized carbons (Fsp3) is 0.444. The number of carboxylic acids is 1. The second-order valence-corrected chi connectivity index (χ2v) is 7.94. The van der Waals surface area contributed by atoms with Gasteiger partial charge < -0.3 is 25.2 Å². The van der Waals surface area contributed by atoms with E-state index < -0.39 is 46.7 Å². The van der Waals surface area contributed by atoms with Crippen LogP contribution in [0.4, 0.5) is 0 Å². The van der Waals surface area contributed by atoms with Gasteiger partial charge in [-0.1, -0.05) is 30.3 Å². The number of carbonyl (C=O) groups is 4. The van der Waals surface area contributed by atoms with E-state index in [1.807, 2.05) is 0 Å². The Morgan fingerprint density at radius 3 is 2.64 bits per heavy atom. The van der Waals surface area contributed by atoms with Crippen LogP contribution in [0.3, 0.4) is 0 Å². The minimum atomic E-state index is -1.40. The quantitative estimate of drug-likeness (QED) is 0.434. The Bertz CT molecular complexity index is 802. The van der Waals surface area contributed by atoms with Crippen molar-refractivity contribution in [3.05, 3.63) is 35.9 Å². The molecule has 0 saturated carbocycles. The zero-order valence-corrected chi connectivity index (χ0v) is 15.8. The summed E-state index contributed by atoms with van der Waals surface area (Å²) in [5, 5.41) is 21.8. The van der Waals surface area contributed by atoms with Crippen LogP contribution in [0.15, 0.2) is 30.3 Å².